The van der Waals surface area contributed by atoms with Crippen molar-refractivity contribution in [1.29, 1.82) is 0 Å². The third kappa shape index (κ3) is 2.71. The summed E-state index contributed by atoms with van der Waals surface area (Å²) in [6.45, 7) is 0.137. The standard InChI is InChI=1S/C11H10FNO2/c1-3-6-13-11(14)8-4-5-9(12)10(7-8)15-2/h1,4-5,7H,6H2,2H3,(H,13,14). The first-order valence-electron chi connectivity index (χ1n) is 4.24. The van der Waals surface area contributed by atoms with Crippen molar-refractivity contribution in [3.63, 3.8) is 0 Å². The Hall–Kier alpha value is -2.02. The van der Waals surface area contributed by atoms with Crippen molar-refractivity contribution in [3.05, 3.63) is 29.6 Å². The van der Waals surface area contributed by atoms with E-state index in [-0.39, 0.29) is 18.2 Å². The van der Waals surface area contributed by atoms with E-state index in [0.29, 0.717) is 5.56 Å². The molecule has 0 unspecified atom stereocenters. The van der Waals surface area contributed by atoms with Gasteiger partial charge in [-0.25, -0.2) is 4.39 Å². The summed E-state index contributed by atoms with van der Waals surface area (Å²) in [6, 6.07) is 3.86. The zero-order valence-electron chi connectivity index (χ0n) is 8.21. The molecule has 78 valence electrons. The summed E-state index contributed by atoms with van der Waals surface area (Å²) in [6.07, 6.45) is 4.99. The Morgan fingerprint density at radius 1 is 1.67 bits per heavy atom. The zero-order chi connectivity index (χ0) is 11.3. The molecule has 4 heteroatoms. The van der Waals surface area contributed by atoms with Gasteiger partial charge in [0.2, 0.25) is 0 Å². The summed E-state index contributed by atoms with van der Waals surface area (Å²) in [7, 11) is 1.33. The molecule has 1 rings (SSSR count). The van der Waals surface area contributed by atoms with Crippen LogP contribution in [0.2, 0.25) is 0 Å². The van der Waals surface area contributed by atoms with E-state index in [4.69, 9.17) is 11.2 Å². The van der Waals surface area contributed by atoms with Crippen molar-refractivity contribution in [2.24, 2.45) is 0 Å². The molecule has 0 aromatic heterocycles. The molecule has 15 heavy (non-hydrogen) atoms. The third-order valence-corrected chi connectivity index (χ3v) is 1.76. The van der Waals surface area contributed by atoms with E-state index < -0.39 is 5.82 Å². The van der Waals surface area contributed by atoms with E-state index >= 15 is 0 Å². The molecule has 3 nitrogen and oxygen atoms in total. The van der Waals surface area contributed by atoms with Crippen molar-refractivity contribution < 1.29 is 13.9 Å². The van der Waals surface area contributed by atoms with Gasteiger partial charge in [0.25, 0.3) is 5.91 Å². The lowest BCUT2D eigenvalue weighted by Gasteiger charge is -2.05. The number of hydrogen-bond donors (Lipinski definition) is 1. The van der Waals surface area contributed by atoms with Crippen LogP contribution in [0, 0.1) is 18.2 Å². The van der Waals surface area contributed by atoms with Gasteiger partial charge in [0.1, 0.15) is 0 Å². The molecule has 0 saturated heterocycles. The van der Waals surface area contributed by atoms with Gasteiger partial charge in [0, 0.05) is 5.56 Å². The lowest BCUT2D eigenvalue weighted by atomic mass is 10.2. The van der Waals surface area contributed by atoms with Crippen LogP contribution in [0.4, 0.5) is 4.39 Å². The fourth-order valence-corrected chi connectivity index (χ4v) is 1.03. The van der Waals surface area contributed by atoms with Crippen LogP contribution in [0.25, 0.3) is 0 Å². The van der Waals surface area contributed by atoms with Gasteiger partial charge in [-0.2, -0.15) is 0 Å². The Morgan fingerprint density at radius 2 is 2.40 bits per heavy atom. The fourth-order valence-electron chi connectivity index (χ4n) is 1.03. The minimum atomic E-state index is -0.508. The maximum absolute atomic E-state index is 13.0. The zero-order valence-corrected chi connectivity index (χ0v) is 8.21. The lowest BCUT2D eigenvalue weighted by molar-refractivity contribution is 0.0958. The van der Waals surface area contributed by atoms with E-state index in [1.165, 1.54) is 25.3 Å². The van der Waals surface area contributed by atoms with Gasteiger partial charge < -0.3 is 10.1 Å². The Labute approximate surface area is 87.2 Å². The summed E-state index contributed by atoms with van der Waals surface area (Å²) in [5.74, 6) is 1.44. The number of amides is 1. The molecule has 0 aliphatic carbocycles. The molecule has 1 aromatic rings. The smallest absolute Gasteiger partial charge is 0.252 e. The highest BCUT2D eigenvalue weighted by molar-refractivity contribution is 5.94. The summed E-state index contributed by atoms with van der Waals surface area (Å²) in [5, 5.41) is 2.47. The van der Waals surface area contributed by atoms with Gasteiger partial charge in [0.15, 0.2) is 11.6 Å². The molecule has 0 bridgehead atoms. The van der Waals surface area contributed by atoms with E-state index in [2.05, 4.69) is 11.2 Å². The average molecular weight is 207 g/mol. The van der Waals surface area contributed by atoms with Gasteiger partial charge in [-0.05, 0) is 18.2 Å². The monoisotopic (exact) mass is 207 g/mol. The third-order valence-electron chi connectivity index (χ3n) is 1.76. The molecular formula is C11H10FNO2. The average Bonchev–Trinajstić information content (AvgIpc) is 2.26. The molecule has 0 atom stereocenters. The molecule has 1 aromatic carbocycles. The Bertz CT molecular complexity index is 410. The van der Waals surface area contributed by atoms with Crippen LogP contribution in [0.15, 0.2) is 18.2 Å². The maximum atomic E-state index is 13.0. The summed E-state index contributed by atoms with van der Waals surface area (Å²) < 4.78 is 17.7. The molecule has 1 N–H and O–H groups in total. The highest BCUT2D eigenvalue weighted by atomic mass is 19.1. The van der Waals surface area contributed by atoms with Gasteiger partial charge in [-0.15, -0.1) is 6.42 Å². The number of methoxy groups -OCH3 is 1. The molecule has 0 fully saturated rings. The Morgan fingerprint density at radius 3 is 3.00 bits per heavy atom. The number of carbonyl (C=O) groups is 1. The molecule has 0 aliphatic rings. The quantitative estimate of drug-likeness (QED) is 0.756. The summed E-state index contributed by atoms with van der Waals surface area (Å²) >= 11 is 0. The normalized spacial score (nSPS) is 9.13. The highest BCUT2D eigenvalue weighted by Crippen LogP contribution is 2.17. The topological polar surface area (TPSA) is 38.3 Å². The van der Waals surface area contributed by atoms with Crippen molar-refractivity contribution in [2.45, 2.75) is 0 Å². The minimum Gasteiger partial charge on any atom is -0.494 e. The first kappa shape index (κ1) is 11.1. The molecule has 0 heterocycles. The second-order valence-electron chi connectivity index (χ2n) is 2.74. The lowest BCUT2D eigenvalue weighted by Crippen LogP contribution is -2.23. The molecule has 1 amide bonds. The van der Waals surface area contributed by atoms with Crippen LogP contribution in [-0.2, 0) is 0 Å². The predicted molar refractivity (Wildman–Crippen MR) is 54.1 cm³/mol. The number of carbonyl (C=O) groups excluding carboxylic acids is 1. The molecule has 0 aliphatic heterocycles. The maximum Gasteiger partial charge on any atom is 0.252 e. The minimum absolute atomic E-state index is 0.0309. The second kappa shape index (κ2) is 5.01. The van der Waals surface area contributed by atoms with Crippen LogP contribution in [0.5, 0.6) is 5.75 Å². The number of rotatable bonds is 3. The first-order valence-corrected chi connectivity index (χ1v) is 4.24. The van der Waals surface area contributed by atoms with Crippen molar-refractivity contribution >= 4 is 5.91 Å². The van der Waals surface area contributed by atoms with E-state index in [0.717, 1.165) is 0 Å². The number of halogens is 1. The highest BCUT2D eigenvalue weighted by Gasteiger charge is 2.08. The number of hydrogen-bond acceptors (Lipinski definition) is 2. The SMILES string of the molecule is C#CCNC(=O)c1ccc(F)c(OC)c1. The summed E-state index contributed by atoms with van der Waals surface area (Å²) in [4.78, 5) is 11.4. The largest absolute Gasteiger partial charge is 0.494 e. The fraction of sp³-hybridized carbons (Fsp3) is 0.182. The van der Waals surface area contributed by atoms with Gasteiger partial charge in [-0.1, -0.05) is 5.92 Å². The first-order chi connectivity index (χ1) is 7.19. The van der Waals surface area contributed by atoms with Crippen molar-refractivity contribution in [3.8, 4) is 18.1 Å². The van der Waals surface area contributed by atoms with Gasteiger partial charge in [-0.3, -0.25) is 4.79 Å². The van der Waals surface area contributed by atoms with Crippen LogP contribution in [0.1, 0.15) is 10.4 Å². The Balaban J connectivity index is 2.87. The predicted octanol–water partition coefficient (Wildman–Crippen LogP) is 1.20. The summed E-state index contributed by atoms with van der Waals surface area (Å²) in [5.41, 5.74) is 0.309. The Kier molecular flexibility index (Phi) is 3.69. The second-order valence-corrected chi connectivity index (χ2v) is 2.74. The van der Waals surface area contributed by atoms with E-state index in [9.17, 15) is 9.18 Å². The van der Waals surface area contributed by atoms with Crippen molar-refractivity contribution in [2.75, 3.05) is 13.7 Å². The van der Waals surface area contributed by atoms with Crippen LogP contribution in [0.3, 0.4) is 0 Å². The number of nitrogens with one attached hydrogen (secondary N) is 1. The number of terminal acetylenes is 1. The molecule has 0 saturated carbocycles. The molecule has 0 spiro atoms. The number of ether oxygens (including phenoxy) is 1. The van der Waals surface area contributed by atoms with Gasteiger partial charge >= 0.3 is 0 Å². The number of benzene rings is 1. The van der Waals surface area contributed by atoms with Crippen LogP contribution in [-0.4, -0.2) is 19.6 Å². The van der Waals surface area contributed by atoms with E-state index in [1.54, 1.807) is 0 Å². The van der Waals surface area contributed by atoms with E-state index in [1.807, 2.05) is 0 Å². The van der Waals surface area contributed by atoms with Crippen molar-refractivity contribution in [1.82, 2.24) is 5.32 Å². The molecular weight excluding hydrogens is 197 g/mol. The molecule has 0 radical (unpaired) electrons. The van der Waals surface area contributed by atoms with Crippen LogP contribution < -0.4 is 10.1 Å². The van der Waals surface area contributed by atoms with Crippen LogP contribution >= 0.6 is 0 Å². The van der Waals surface area contributed by atoms with Gasteiger partial charge in [0.05, 0.1) is 13.7 Å².